The molecule has 0 saturated carbocycles. The molecule has 2 N–H and O–H groups in total. The van der Waals surface area contributed by atoms with Crippen LogP contribution in [0.25, 0.3) is 0 Å². The molecule has 6 nitrogen and oxygen atoms in total. The molecule has 27 heavy (non-hydrogen) atoms. The molecule has 0 aliphatic rings. The lowest BCUT2D eigenvalue weighted by Crippen LogP contribution is -2.24. The van der Waals surface area contributed by atoms with Crippen LogP contribution in [0.4, 0.5) is 11.6 Å². The standard InChI is InChI=1S/C21H22N4O2/c1-14-8-9-19(27-3)18(12-14)25-21-22-11-10-17(24-21)20(26)23-13-16-7-5-4-6-15(16)2/h4-12H,13H2,1-3H3,(H,23,26)(H,22,24,25). The molecular formula is C21H22N4O2. The first-order valence-corrected chi connectivity index (χ1v) is 8.64. The Hall–Kier alpha value is -3.41. The zero-order valence-corrected chi connectivity index (χ0v) is 15.6. The first-order valence-electron chi connectivity index (χ1n) is 8.64. The third-order valence-electron chi connectivity index (χ3n) is 4.19. The summed E-state index contributed by atoms with van der Waals surface area (Å²) in [7, 11) is 1.60. The summed E-state index contributed by atoms with van der Waals surface area (Å²) >= 11 is 0. The molecule has 0 radical (unpaired) electrons. The topological polar surface area (TPSA) is 76.1 Å². The molecule has 3 aromatic rings. The first-order chi connectivity index (χ1) is 13.1. The predicted octanol–water partition coefficient (Wildman–Crippen LogP) is 3.78. The van der Waals surface area contributed by atoms with E-state index < -0.39 is 0 Å². The van der Waals surface area contributed by atoms with Gasteiger partial charge >= 0.3 is 0 Å². The summed E-state index contributed by atoms with van der Waals surface area (Å²) in [5.41, 5.74) is 4.32. The molecule has 0 atom stereocenters. The van der Waals surface area contributed by atoms with E-state index in [2.05, 4.69) is 20.6 Å². The number of aromatic nitrogens is 2. The number of aryl methyl sites for hydroxylation is 2. The van der Waals surface area contributed by atoms with E-state index in [1.165, 1.54) is 0 Å². The summed E-state index contributed by atoms with van der Waals surface area (Å²) in [4.78, 5) is 21.0. The number of hydrogen-bond acceptors (Lipinski definition) is 5. The van der Waals surface area contributed by atoms with Gasteiger partial charge in [-0.2, -0.15) is 0 Å². The molecule has 0 spiro atoms. The fourth-order valence-electron chi connectivity index (χ4n) is 2.66. The van der Waals surface area contributed by atoms with Crippen LogP contribution < -0.4 is 15.4 Å². The van der Waals surface area contributed by atoms with Gasteiger partial charge in [0, 0.05) is 12.7 Å². The quantitative estimate of drug-likeness (QED) is 0.698. The molecule has 0 unspecified atom stereocenters. The molecule has 0 aliphatic carbocycles. The van der Waals surface area contributed by atoms with E-state index in [4.69, 9.17) is 4.74 Å². The summed E-state index contributed by atoms with van der Waals surface area (Å²) in [6.45, 7) is 4.45. The summed E-state index contributed by atoms with van der Waals surface area (Å²) in [5.74, 6) is 0.765. The molecule has 1 heterocycles. The Balaban J connectivity index is 1.73. The van der Waals surface area contributed by atoms with Crippen LogP contribution in [0.1, 0.15) is 27.2 Å². The highest BCUT2D eigenvalue weighted by Crippen LogP contribution is 2.27. The largest absolute Gasteiger partial charge is 0.495 e. The van der Waals surface area contributed by atoms with Crippen molar-refractivity contribution < 1.29 is 9.53 Å². The van der Waals surface area contributed by atoms with E-state index in [9.17, 15) is 4.79 Å². The Morgan fingerprint density at radius 3 is 2.70 bits per heavy atom. The van der Waals surface area contributed by atoms with Gasteiger partial charge in [0.2, 0.25) is 5.95 Å². The van der Waals surface area contributed by atoms with Crippen LogP contribution in [-0.2, 0) is 6.54 Å². The average molecular weight is 362 g/mol. The summed E-state index contributed by atoms with van der Waals surface area (Å²) in [5, 5.41) is 6.01. The van der Waals surface area contributed by atoms with Crippen molar-refractivity contribution in [3.8, 4) is 5.75 Å². The van der Waals surface area contributed by atoms with Crippen molar-refractivity contribution in [3.63, 3.8) is 0 Å². The summed E-state index contributed by atoms with van der Waals surface area (Å²) in [6, 6.07) is 15.3. The van der Waals surface area contributed by atoms with Crippen LogP contribution in [-0.4, -0.2) is 23.0 Å². The monoisotopic (exact) mass is 362 g/mol. The van der Waals surface area contributed by atoms with Gasteiger partial charge in [-0.05, 0) is 48.7 Å². The lowest BCUT2D eigenvalue weighted by atomic mass is 10.1. The second-order valence-corrected chi connectivity index (χ2v) is 6.20. The van der Waals surface area contributed by atoms with Crippen molar-refractivity contribution in [2.24, 2.45) is 0 Å². The third kappa shape index (κ3) is 4.61. The summed E-state index contributed by atoms with van der Waals surface area (Å²) < 4.78 is 5.35. The van der Waals surface area contributed by atoms with E-state index in [0.29, 0.717) is 23.9 Å². The van der Waals surface area contributed by atoms with Gasteiger partial charge in [-0.25, -0.2) is 9.97 Å². The fraction of sp³-hybridized carbons (Fsp3) is 0.190. The summed E-state index contributed by atoms with van der Waals surface area (Å²) in [6.07, 6.45) is 1.56. The van der Waals surface area contributed by atoms with Gasteiger partial charge in [0.1, 0.15) is 11.4 Å². The van der Waals surface area contributed by atoms with Crippen LogP contribution in [0.3, 0.4) is 0 Å². The number of benzene rings is 2. The minimum atomic E-state index is -0.250. The van der Waals surface area contributed by atoms with Crippen LogP contribution in [0.5, 0.6) is 5.75 Å². The van der Waals surface area contributed by atoms with Gasteiger partial charge in [0.25, 0.3) is 5.91 Å². The van der Waals surface area contributed by atoms with Crippen LogP contribution in [0.2, 0.25) is 0 Å². The Labute approximate surface area is 158 Å². The minimum Gasteiger partial charge on any atom is -0.495 e. The van der Waals surface area contributed by atoms with E-state index in [1.54, 1.807) is 19.4 Å². The zero-order valence-electron chi connectivity index (χ0n) is 15.6. The number of methoxy groups -OCH3 is 1. The van der Waals surface area contributed by atoms with Crippen molar-refractivity contribution >= 4 is 17.5 Å². The Morgan fingerprint density at radius 2 is 1.93 bits per heavy atom. The maximum atomic E-state index is 12.5. The molecule has 0 bridgehead atoms. The SMILES string of the molecule is COc1ccc(C)cc1Nc1nccc(C(=O)NCc2ccccc2C)n1. The maximum Gasteiger partial charge on any atom is 0.270 e. The van der Waals surface area contributed by atoms with Gasteiger partial charge in [0.05, 0.1) is 12.8 Å². The molecule has 3 rings (SSSR count). The number of nitrogens with zero attached hydrogens (tertiary/aromatic N) is 2. The number of rotatable bonds is 6. The average Bonchev–Trinajstić information content (AvgIpc) is 2.67. The minimum absolute atomic E-state index is 0.250. The van der Waals surface area contributed by atoms with Crippen molar-refractivity contribution in [1.82, 2.24) is 15.3 Å². The van der Waals surface area contributed by atoms with Crippen LogP contribution >= 0.6 is 0 Å². The van der Waals surface area contributed by atoms with E-state index in [-0.39, 0.29) is 5.91 Å². The smallest absolute Gasteiger partial charge is 0.270 e. The Morgan fingerprint density at radius 1 is 1.11 bits per heavy atom. The molecule has 138 valence electrons. The van der Waals surface area contributed by atoms with Gasteiger partial charge in [0.15, 0.2) is 0 Å². The second kappa shape index (κ2) is 8.31. The maximum absolute atomic E-state index is 12.5. The van der Waals surface area contributed by atoms with Gasteiger partial charge in [-0.3, -0.25) is 4.79 Å². The number of ether oxygens (including phenoxy) is 1. The van der Waals surface area contributed by atoms with Crippen molar-refractivity contribution in [1.29, 1.82) is 0 Å². The number of hydrogen-bond donors (Lipinski definition) is 2. The van der Waals surface area contributed by atoms with E-state index in [0.717, 1.165) is 22.4 Å². The number of amides is 1. The van der Waals surface area contributed by atoms with Crippen LogP contribution in [0.15, 0.2) is 54.7 Å². The third-order valence-corrected chi connectivity index (χ3v) is 4.19. The number of anilines is 2. The highest BCUT2D eigenvalue weighted by Gasteiger charge is 2.11. The first kappa shape index (κ1) is 18.4. The number of carbonyl (C=O) groups is 1. The predicted molar refractivity (Wildman–Crippen MR) is 105 cm³/mol. The van der Waals surface area contributed by atoms with Crippen LogP contribution in [0, 0.1) is 13.8 Å². The Kier molecular flexibility index (Phi) is 5.66. The molecule has 0 saturated heterocycles. The van der Waals surface area contributed by atoms with Gasteiger partial charge < -0.3 is 15.4 Å². The van der Waals surface area contributed by atoms with Crippen molar-refractivity contribution in [3.05, 3.63) is 77.1 Å². The molecule has 2 aromatic carbocycles. The second-order valence-electron chi connectivity index (χ2n) is 6.20. The van der Waals surface area contributed by atoms with Crippen molar-refractivity contribution in [2.75, 3.05) is 12.4 Å². The molecule has 1 aromatic heterocycles. The lowest BCUT2D eigenvalue weighted by molar-refractivity contribution is 0.0946. The normalized spacial score (nSPS) is 10.3. The lowest BCUT2D eigenvalue weighted by Gasteiger charge is -2.11. The van der Waals surface area contributed by atoms with E-state index >= 15 is 0 Å². The number of nitrogens with one attached hydrogen (secondary N) is 2. The highest BCUT2D eigenvalue weighted by atomic mass is 16.5. The van der Waals surface area contributed by atoms with Gasteiger partial charge in [-0.1, -0.05) is 30.3 Å². The number of carbonyl (C=O) groups excluding carboxylic acids is 1. The molecule has 0 aliphatic heterocycles. The molecule has 1 amide bonds. The Bertz CT molecular complexity index is 956. The fourth-order valence-corrected chi connectivity index (χ4v) is 2.66. The molecule has 0 fully saturated rings. The zero-order chi connectivity index (χ0) is 19.2. The molecular weight excluding hydrogens is 340 g/mol. The van der Waals surface area contributed by atoms with Crippen molar-refractivity contribution in [2.45, 2.75) is 20.4 Å². The molecule has 6 heteroatoms. The van der Waals surface area contributed by atoms with E-state index in [1.807, 2.05) is 56.3 Å². The van der Waals surface area contributed by atoms with Gasteiger partial charge in [-0.15, -0.1) is 0 Å². The highest BCUT2D eigenvalue weighted by molar-refractivity contribution is 5.92.